The molecule has 0 unspecified atom stereocenters. The van der Waals surface area contributed by atoms with Gasteiger partial charge in [0, 0.05) is 5.56 Å². The fourth-order valence-corrected chi connectivity index (χ4v) is 3.47. The van der Waals surface area contributed by atoms with Gasteiger partial charge in [0.2, 0.25) is 0 Å². The summed E-state index contributed by atoms with van der Waals surface area (Å²) >= 11 is 0. The quantitative estimate of drug-likeness (QED) is 0.604. The number of nitrogens with one attached hydrogen (secondary N) is 2. The number of imidazole rings is 1. The minimum Gasteiger partial charge on any atom is -0.377 e. The maximum Gasteiger partial charge on any atom is 0.501 e. The Hall–Kier alpha value is -3.39. The van der Waals surface area contributed by atoms with Crippen LogP contribution in [0.2, 0.25) is 0 Å². The zero-order valence-corrected chi connectivity index (χ0v) is 15.3. The molecule has 2 aromatic carbocycles. The van der Waals surface area contributed by atoms with Crippen LogP contribution in [0.3, 0.4) is 0 Å². The summed E-state index contributed by atoms with van der Waals surface area (Å²) in [6, 6.07) is 10.7. The third kappa shape index (κ3) is 4.22. The van der Waals surface area contributed by atoms with Gasteiger partial charge in [-0.2, -0.15) is 18.4 Å². The predicted octanol–water partition coefficient (Wildman–Crippen LogP) is 3.99. The summed E-state index contributed by atoms with van der Waals surface area (Å²) < 4.78 is 75.4. The van der Waals surface area contributed by atoms with Gasteiger partial charge < -0.3 is 10.3 Å². The smallest absolute Gasteiger partial charge is 0.377 e. The average Bonchev–Trinajstić information content (AvgIpc) is 3.15. The molecule has 1 heterocycles. The Morgan fingerprint density at radius 1 is 1.17 bits per heavy atom. The van der Waals surface area contributed by atoms with Gasteiger partial charge in [0.05, 0.1) is 35.8 Å². The number of halogens is 4. The average molecular weight is 424 g/mol. The molecule has 0 radical (unpaired) electrons. The van der Waals surface area contributed by atoms with Gasteiger partial charge in [-0.1, -0.05) is 12.1 Å². The SMILES string of the molecule is N#Cc1cccc(-c2cnc(CNc3ccc(F)cc3S(=O)(=O)C(F)(F)F)[nH]2)c1. The maximum absolute atomic E-state index is 13.4. The normalized spacial score (nSPS) is 11.8. The molecule has 0 aliphatic rings. The Balaban J connectivity index is 1.85. The van der Waals surface area contributed by atoms with E-state index in [2.05, 4.69) is 15.3 Å². The molecule has 0 spiro atoms. The van der Waals surface area contributed by atoms with Crippen molar-refractivity contribution in [1.29, 1.82) is 5.26 Å². The number of aromatic amines is 1. The van der Waals surface area contributed by atoms with E-state index in [9.17, 15) is 26.0 Å². The van der Waals surface area contributed by atoms with Crippen LogP contribution in [-0.2, 0) is 16.4 Å². The van der Waals surface area contributed by atoms with E-state index < -0.39 is 31.7 Å². The highest BCUT2D eigenvalue weighted by Crippen LogP contribution is 2.35. The Labute approximate surface area is 162 Å². The number of H-pyrrole nitrogens is 1. The van der Waals surface area contributed by atoms with Gasteiger partial charge in [0.25, 0.3) is 9.84 Å². The number of benzene rings is 2. The van der Waals surface area contributed by atoms with Crippen LogP contribution >= 0.6 is 0 Å². The van der Waals surface area contributed by atoms with E-state index in [1.165, 1.54) is 6.20 Å². The van der Waals surface area contributed by atoms with E-state index in [0.29, 0.717) is 28.7 Å². The lowest BCUT2D eigenvalue weighted by atomic mass is 10.1. The molecule has 1 aromatic heterocycles. The summed E-state index contributed by atoms with van der Waals surface area (Å²) in [5.41, 5.74) is -4.31. The number of rotatable bonds is 5. The molecule has 11 heteroatoms. The third-order valence-electron chi connectivity index (χ3n) is 3.92. The first-order valence-corrected chi connectivity index (χ1v) is 9.49. The summed E-state index contributed by atoms with van der Waals surface area (Å²) in [5.74, 6) is -0.821. The zero-order chi connectivity index (χ0) is 21.2. The monoisotopic (exact) mass is 424 g/mol. The minimum absolute atomic E-state index is 0.149. The van der Waals surface area contributed by atoms with Crippen LogP contribution in [0, 0.1) is 17.1 Å². The Bertz CT molecular complexity index is 1200. The van der Waals surface area contributed by atoms with Gasteiger partial charge >= 0.3 is 5.51 Å². The van der Waals surface area contributed by atoms with Crippen molar-refractivity contribution in [2.45, 2.75) is 16.9 Å². The lowest BCUT2D eigenvalue weighted by Crippen LogP contribution is -2.24. The second-order valence-corrected chi connectivity index (χ2v) is 7.79. The molecule has 3 aromatic rings. The van der Waals surface area contributed by atoms with Crippen LogP contribution in [0.25, 0.3) is 11.3 Å². The third-order valence-corrected chi connectivity index (χ3v) is 5.44. The molecule has 3 rings (SSSR count). The first-order chi connectivity index (χ1) is 13.6. The van der Waals surface area contributed by atoms with Gasteiger partial charge in [-0.25, -0.2) is 17.8 Å². The number of hydrogen-bond acceptors (Lipinski definition) is 5. The molecule has 0 amide bonds. The summed E-state index contributed by atoms with van der Waals surface area (Å²) in [6.45, 7) is -0.149. The molecule has 0 atom stereocenters. The predicted molar refractivity (Wildman–Crippen MR) is 95.7 cm³/mol. The van der Waals surface area contributed by atoms with Crippen LogP contribution in [-0.4, -0.2) is 23.9 Å². The van der Waals surface area contributed by atoms with Crippen LogP contribution in [0.4, 0.5) is 23.2 Å². The summed E-state index contributed by atoms with van der Waals surface area (Å²) in [7, 11) is -5.74. The van der Waals surface area contributed by atoms with Crippen molar-refractivity contribution in [3.63, 3.8) is 0 Å². The zero-order valence-electron chi connectivity index (χ0n) is 14.5. The van der Waals surface area contributed by atoms with Crippen LogP contribution in [0.1, 0.15) is 11.4 Å². The van der Waals surface area contributed by atoms with Crippen molar-refractivity contribution in [2.75, 3.05) is 5.32 Å². The molecule has 0 aliphatic heterocycles. The van der Waals surface area contributed by atoms with E-state index >= 15 is 0 Å². The highest BCUT2D eigenvalue weighted by Gasteiger charge is 2.48. The number of alkyl halides is 3. The number of nitriles is 1. The molecular weight excluding hydrogens is 412 g/mol. The minimum atomic E-state index is -5.74. The molecule has 6 nitrogen and oxygen atoms in total. The van der Waals surface area contributed by atoms with Gasteiger partial charge in [0.1, 0.15) is 16.5 Å². The first-order valence-electron chi connectivity index (χ1n) is 8.01. The fourth-order valence-electron chi connectivity index (χ4n) is 2.52. The molecule has 0 saturated heterocycles. The molecule has 0 aliphatic carbocycles. The van der Waals surface area contributed by atoms with Crippen molar-refractivity contribution in [3.8, 4) is 17.3 Å². The van der Waals surface area contributed by atoms with Crippen molar-refractivity contribution < 1.29 is 26.0 Å². The first kappa shape index (κ1) is 20.3. The lowest BCUT2D eigenvalue weighted by Gasteiger charge is -2.14. The molecule has 0 fully saturated rings. The number of hydrogen-bond donors (Lipinski definition) is 2. The largest absolute Gasteiger partial charge is 0.501 e. The standard InChI is InChI=1S/C18H12F4N4O2S/c19-13-4-5-14(16(7-13)29(27,28)18(20,21)22)24-10-17-25-9-15(26-17)12-3-1-2-11(6-12)8-23/h1-7,9,24H,10H2,(H,25,26). The summed E-state index contributed by atoms with van der Waals surface area (Å²) in [6.07, 6.45) is 1.46. The van der Waals surface area contributed by atoms with E-state index in [0.717, 1.165) is 12.1 Å². The van der Waals surface area contributed by atoms with Gasteiger partial charge in [-0.05, 0) is 30.3 Å². The Morgan fingerprint density at radius 2 is 1.93 bits per heavy atom. The maximum atomic E-state index is 13.4. The van der Waals surface area contributed by atoms with E-state index in [1.54, 1.807) is 24.3 Å². The molecular formula is C18H12F4N4O2S. The second kappa shape index (κ2) is 7.56. The van der Waals surface area contributed by atoms with Gasteiger partial charge in [-0.3, -0.25) is 0 Å². The highest BCUT2D eigenvalue weighted by atomic mass is 32.2. The number of sulfone groups is 1. The molecule has 0 saturated carbocycles. The van der Waals surface area contributed by atoms with Crippen LogP contribution in [0.5, 0.6) is 0 Å². The number of anilines is 1. The molecule has 2 N–H and O–H groups in total. The van der Waals surface area contributed by atoms with Crippen molar-refractivity contribution in [3.05, 3.63) is 65.9 Å². The van der Waals surface area contributed by atoms with E-state index in [-0.39, 0.29) is 6.54 Å². The van der Waals surface area contributed by atoms with Gasteiger partial charge in [0.15, 0.2) is 0 Å². The van der Waals surface area contributed by atoms with E-state index in [1.807, 2.05) is 6.07 Å². The second-order valence-electron chi connectivity index (χ2n) is 5.88. The molecule has 150 valence electrons. The molecule has 0 bridgehead atoms. The van der Waals surface area contributed by atoms with Crippen LogP contribution < -0.4 is 5.32 Å². The van der Waals surface area contributed by atoms with Crippen LogP contribution in [0.15, 0.2) is 53.6 Å². The van der Waals surface area contributed by atoms with E-state index in [4.69, 9.17) is 5.26 Å². The number of aromatic nitrogens is 2. The van der Waals surface area contributed by atoms with Crippen molar-refractivity contribution >= 4 is 15.5 Å². The van der Waals surface area contributed by atoms with Crippen molar-refractivity contribution in [2.24, 2.45) is 0 Å². The van der Waals surface area contributed by atoms with Crippen molar-refractivity contribution in [1.82, 2.24) is 9.97 Å². The van der Waals surface area contributed by atoms with Gasteiger partial charge in [-0.15, -0.1) is 0 Å². The number of nitrogens with zero attached hydrogens (tertiary/aromatic N) is 2. The summed E-state index contributed by atoms with van der Waals surface area (Å²) in [5, 5.41) is 11.5. The topological polar surface area (TPSA) is 98.6 Å². The Kier molecular flexibility index (Phi) is 5.30. The summed E-state index contributed by atoms with van der Waals surface area (Å²) in [4.78, 5) is 5.79. The lowest BCUT2D eigenvalue weighted by molar-refractivity contribution is -0.0435. The molecule has 29 heavy (non-hydrogen) atoms. The highest BCUT2D eigenvalue weighted by molar-refractivity contribution is 7.92. The fraction of sp³-hybridized carbons (Fsp3) is 0.111. The Morgan fingerprint density at radius 3 is 2.62 bits per heavy atom.